The summed E-state index contributed by atoms with van der Waals surface area (Å²) in [5.41, 5.74) is 8.59. The zero-order chi connectivity index (χ0) is 13.9. The largest absolute Gasteiger partial charge is 0.488 e. The van der Waals surface area contributed by atoms with Crippen molar-refractivity contribution in [2.24, 2.45) is 0 Å². The van der Waals surface area contributed by atoms with E-state index in [1.165, 1.54) is 0 Å². The van der Waals surface area contributed by atoms with Crippen LogP contribution in [0.5, 0.6) is 5.75 Å². The number of aromatic nitrogens is 1. The number of ether oxygens (including phenoxy) is 1. The molecular weight excluding hydrogens is 316 g/mol. The highest BCUT2D eigenvalue weighted by Gasteiger charge is 2.06. The fraction of sp³-hybridized carbons (Fsp3) is 0.0625. The molecule has 0 atom stereocenters. The number of nitrogen functional groups attached to an aromatic ring is 1. The molecule has 1 heterocycles. The number of benzene rings is 2. The van der Waals surface area contributed by atoms with Crippen LogP contribution < -0.4 is 10.5 Å². The molecule has 2 aromatic carbocycles. The number of pyridine rings is 1. The van der Waals surface area contributed by atoms with E-state index >= 15 is 0 Å². The lowest BCUT2D eigenvalue weighted by Crippen LogP contribution is -1.99. The highest BCUT2D eigenvalue weighted by atomic mass is 79.9. The Morgan fingerprint density at radius 2 is 1.90 bits per heavy atom. The minimum Gasteiger partial charge on any atom is -0.488 e. The summed E-state index contributed by atoms with van der Waals surface area (Å²) in [5.74, 6) is 0.742. The Balaban J connectivity index is 1.89. The second-order valence-corrected chi connectivity index (χ2v) is 5.23. The first-order valence-electron chi connectivity index (χ1n) is 6.25. The van der Waals surface area contributed by atoms with Crippen LogP contribution in [-0.2, 0) is 6.61 Å². The van der Waals surface area contributed by atoms with Gasteiger partial charge in [0, 0.05) is 22.8 Å². The Bertz CT molecular complexity index is 753. The predicted molar refractivity (Wildman–Crippen MR) is 84.6 cm³/mol. The lowest BCUT2D eigenvalue weighted by atomic mass is 10.1. The van der Waals surface area contributed by atoms with Crippen molar-refractivity contribution < 1.29 is 4.74 Å². The Kier molecular flexibility index (Phi) is 3.56. The van der Waals surface area contributed by atoms with Gasteiger partial charge in [0.15, 0.2) is 0 Å². The minimum atomic E-state index is 0.477. The van der Waals surface area contributed by atoms with Crippen LogP contribution in [0.1, 0.15) is 5.56 Å². The zero-order valence-corrected chi connectivity index (χ0v) is 12.3. The van der Waals surface area contributed by atoms with Crippen molar-refractivity contribution in [3.63, 3.8) is 0 Å². The van der Waals surface area contributed by atoms with E-state index in [-0.39, 0.29) is 0 Å². The van der Waals surface area contributed by atoms with Crippen LogP contribution in [0, 0.1) is 0 Å². The molecule has 20 heavy (non-hydrogen) atoms. The van der Waals surface area contributed by atoms with Gasteiger partial charge in [-0.15, -0.1) is 0 Å². The van der Waals surface area contributed by atoms with Crippen molar-refractivity contribution in [1.82, 2.24) is 4.98 Å². The summed E-state index contributed by atoms with van der Waals surface area (Å²) >= 11 is 3.44. The quantitative estimate of drug-likeness (QED) is 0.734. The zero-order valence-electron chi connectivity index (χ0n) is 10.7. The maximum atomic E-state index is 5.86. The molecule has 0 aliphatic rings. The van der Waals surface area contributed by atoms with Crippen LogP contribution in [0.4, 0.5) is 5.69 Å². The smallest absolute Gasteiger partial charge is 0.136 e. The fourth-order valence-electron chi connectivity index (χ4n) is 2.08. The topological polar surface area (TPSA) is 48.1 Å². The number of hydrogen-bond acceptors (Lipinski definition) is 3. The molecule has 0 spiro atoms. The normalized spacial score (nSPS) is 10.7. The van der Waals surface area contributed by atoms with Crippen molar-refractivity contribution in [2.45, 2.75) is 6.61 Å². The van der Waals surface area contributed by atoms with Gasteiger partial charge in [-0.05, 0) is 40.2 Å². The van der Waals surface area contributed by atoms with Crippen LogP contribution in [-0.4, -0.2) is 4.98 Å². The van der Waals surface area contributed by atoms with Crippen LogP contribution in [0.15, 0.2) is 59.2 Å². The molecule has 0 radical (unpaired) electrons. The molecule has 3 nitrogen and oxygen atoms in total. The molecule has 100 valence electrons. The standard InChI is InChI=1S/C16H13BrN2O/c17-16-13(18)5-3-7-15(16)20-10-11-8-9-19-14-6-2-1-4-12(11)14/h1-9H,10,18H2. The summed E-state index contributed by atoms with van der Waals surface area (Å²) in [4.78, 5) is 4.34. The Morgan fingerprint density at radius 3 is 2.80 bits per heavy atom. The molecule has 0 bridgehead atoms. The number of rotatable bonds is 3. The Hall–Kier alpha value is -2.07. The first-order valence-corrected chi connectivity index (χ1v) is 7.04. The number of nitrogens with zero attached hydrogens (tertiary/aromatic N) is 1. The molecule has 0 unspecified atom stereocenters. The Morgan fingerprint density at radius 1 is 1.05 bits per heavy atom. The average molecular weight is 329 g/mol. The summed E-state index contributed by atoms with van der Waals surface area (Å²) in [6, 6.07) is 15.6. The second-order valence-electron chi connectivity index (χ2n) is 4.44. The SMILES string of the molecule is Nc1cccc(OCc2ccnc3ccccc23)c1Br. The third-order valence-corrected chi connectivity index (χ3v) is 3.96. The molecule has 0 fully saturated rings. The summed E-state index contributed by atoms with van der Waals surface area (Å²) in [6.45, 7) is 0.477. The van der Waals surface area contributed by atoms with E-state index in [1.807, 2.05) is 42.5 Å². The van der Waals surface area contributed by atoms with Crippen LogP contribution in [0.2, 0.25) is 0 Å². The van der Waals surface area contributed by atoms with Gasteiger partial charge in [-0.1, -0.05) is 24.3 Å². The maximum absolute atomic E-state index is 5.86. The number of halogens is 1. The van der Waals surface area contributed by atoms with Gasteiger partial charge >= 0.3 is 0 Å². The molecule has 3 aromatic rings. The molecule has 1 aromatic heterocycles. The van der Waals surface area contributed by atoms with E-state index in [4.69, 9.17) is 10.5 Å². The van der Waals surface area contributed by atoms with Crippen molar-refractivity contribution >= 4 is 32.5 Å². The molecule has 0 saturated carbocycles. The van der Waals surface area contributed by atoms with Crippen LogP contribution >= 0.6 is 15.9 Å². The molecule has 0 amide bonds. The monoisotopic (exact) mass is 328 g/mol. The van der Waals surface area contributed by atoms with Gasteiger partial charge in [-0.25, -0.2) is 0 Å². The van der Waals surface area contributed by atoms with Crippen molar-refractivity contribution in [2.75, 3.05) is 5.73 Å². The Labute approximate surface area is 125 Å². The van der Waals surface area contributed by atoms with E-state index in [0.29, 0.717) is 12.3 Å². The predicted octanol–water partition coefficient (Wildman–Crippen LogP) is 4.16. The molecule has 0 aliphatic heterocycles. The number of para-hydroxylation sites is 1. The highest BCUT2D eigenvalue weighted by Crippen LogP contribution is 2.31. The van der Waals surface area contributed by atoms with E-state index in [0.717, 1.165) is 26.7 Å². The number of nitrogens with two attached hydrogens (primary N) is 1. The van der Waals surface area contributed by atoms with Gasteiger partial charge < -0.3 is 10.5 Å². The van der Waals surface area contributed by atoms with Crippen molar-refractivity contribution in [3.05, 3.63) is 64.8 Å². The number of fused-ring (bicyclic) bond motifs is 1. The van der Waals surface area contributed by atoms with Crippen LogP contribution in [0.3, 0.4) is 0 Å². The summed E-state index contributed by atoms with van der Waals surface area (Å²) < 4.78 is 6.65. The summed E-state index contributed by atoms with van der Waals surface area (Å²) in [5, 5.41) is 1.11. The van der Waals surface area contributed by atoms with Gasteiger partial charge in [-0.3, -0.25) is 4.98 Å². The first-order chi connectivity index (χ1) is 9.75. The highest BCUT2D eigenvalue weighted by molar-refractivity contribution is 9.10. The third kappa shape index (κ3) is 2.47. The maximum Gasteiger partial charge on any atom is 0.136 e. The molecule has 3 rings (SSSR count). The van der Waals surface area contributed by atoms with E-state index in [2.05, 4.69) is 27.0 Å². The van der Waals surface area contributed by atoms with Gasteiger partial charge in [-0.2, -0.15) is 0 Å². The summed E-state index contributed by atoms with van der Waals surface area (Å²) in [6.07, 6.45) is 1.80. The van der Waals surface area contributed by atoms with E-state index in [1.54, 1.807) is 6.20 Å². The molecule has 4 heteroatoms. The van der Waals surface area contributed by atoms with Gasteiger partial charge in [0.05, 0.1) is 9.99 Å². The molecule has 0 saturated heterocycles. The lowest BCUT2D eigenvalue weighted by molar-refractivity contribution is 0.306. The van der Waals surface area contributed by atoms with E-state index in [9.17, 15) is 0 Å². The first kappa shape index (κ1) is 12.9. The average Bonchev–Trinajstić information content (AvgIpc) is 2.49. The fourth-order valence-corrected chi connectivity index (χ4v) is 2.45. The van der Waals surface area contributed by atoms with Gasteiger partial charge in [0.25, 0.3) is 0 Å². The lowest BCUT2D eigenvalue weighted by Gasteiger charge is -2.11. The molecular formula is C16H13BrN2O. The number of hydrogen-bond donors (Lipinski definition) is 1. The summed E-state index contributed by atoms with van der Waals surface area (Å²) in [7, 11) is 0. The minimum absolute atomic E-state index is 0.477. The van der Waals surface area contributed by atoms with Crippen molar-refractivity contribution in [1.29, 1.82) is 0 Å². The molecule has 2 N–H and O–H groups in total. The van der Waals surface area contributed by atoms with Gasteiger partial charge in [0.1, 0.15) is 12.4 Å². The molecule has 0 aliphatic carbocycles. The number of anilines is 1. The third-order valence-electron chi connectivity index (χ3n) is 3.12. The van der Waals surface area contributed by atoms with Gasteiger partial charge in [0.2, 0.25) is 0 Å². The second kappa shape index (κ2) is 5.51. The van der Waals surface area contributed by atoms with Crippen LogP contribution in [0.25, 0.3) is 10.9 Å². The van der Waals surface area contributed by atoms with Crippen molar-refractivity contribution in [3.8, 4) is 5.75 Å². The van der Waals surface area contributed by atoms with E-state index < -0.39 is 0 Å².